The number of hydrogen-bond acceptors (Lipinski definition) is 4. The molecule has 86 valence electrons. The molecule has 0 amide bonds. The Labute approximate surface area is 95.0 Å². The van der Waals surface area contributed by atoms with Crippen molar-refractivity contribution in [3.8, 4) is 0 Å². The van der Waals surface area contributed by atoms with Gasteiger partial charge in [0.15, 0.2) is 14.9 Å². The van der Waals surface area contributed by atoms with E-state index < -0.39 is 9.84 Å². The molecule has 1 heterocycles. The quantitative estimate of drug-likeness (QED) is 0.810. The molecule has 0 aliphatic carbocycles. The first-order valence-electron chi connectivity index (χ1n) is 4.71. The normalized spacial score (nSPS) is 10.7. The van der Waals surface area contributed by atoms with Crippen molar-refractivity contribution in [2.75, 3.05) is 13.3 Å². The highest BCUT2D eigenvalue weighted by Gasteiger charge is 2.08. The van der Waals surface area contributed by atoms with Crippen LogP contribution in [0.3, 0.4) is 0 Å². The summed E-state index contributed by atoms with van der Waals surface area (Å²) in [4.78, 5) is 4.06. The molecule has 0 fully saturated rings. The average Bonchev–Trinajstić information content (AvgIpc) is 2.30. The molecule has 16 heavy (non-hydrogen) atoms. The molecule has 0 saturated carbocycles. The third-order valence-electron chi connectivity index (χ3n) is 1.95. The molecule has 0 unspecified atom stereocenters. The number of nitrogens with two attached hydrogens (primary N) is 1. The molecule has 0 radical (unpaired) electrons. The number of rotatable bonds is 1. The summed E-state index contributed by atoms with van der Waals surface area (Å²) in [5, 5.41) is 1.07. The number of aromatic nitrogens is 1. The first-order valence-corrected chi connectivity index (χ1v) is 6.60. The second-order valence-electron chi connectivity index (χ2n) is 3.11. The van der Waals surface area contributed by atoms with Crippen LogP contribution in [0.1, 0.15) is 0 Å². The van der Waals surface area contributed by atoms with Gasteiger partial charge in [0.25, 0.3) is 0 Å². The smallest absolute Gasteiger partial charge is 0.192 e. The summed E-state index contributed by atoms with van der Waals surface area (Å²) in [6, 6.07) is 10.7. The zero-order valence-corrected chi connectivity index (χ0v) is 10.0. The fraction of sp³-hybridized carbons (Fsp3) is 0.182. The zero-order chi connectivity index (χ0) is 12.2. The van der Waals surface area contributed by atoms with Gasteiger partial charge in [-0.3, -0.25) is 0 Å². The van der Waals surface area contributed by atoms with Crippen molar-refractivity contribution >= 4 is 20.7 Å². The Balaban J connectivity index is 0.000000606. The molecule has 1 aromatic heterocycles. The van der Waals surface area contributed by atoms with Crippen LogP contribution < -0.4 is 5.73 Å². The van der Waals surface area contributed by atoms with E-state index in [1.807, 2.05) is 18.2 Å². The number of pyridine rings is 1. The molecule has 2 N–H and O–H groups in total. The average molecular weight is 238 g/mol. The number of benzene rings is 1. The summed E-state index contributed by atoms with van der Waals surface area (Å²) in [6.45, 7) is 0. The number of sulfone groups is 1. The molecule has 0 bridgehead atoms. The van der Waals surface area contributed by atoms with E-state index in [1.165, 1.54) is 13.1 Å². The molecule has 2 rings (SSSR count). The van der Waals surface area contributed by atoms with Crippen molar-refractivity contribution < 1.29 is 8.42 Å². The number of para-hydroxylation sites is 1. The van der Waals surface area contributed by atoms with Gasteiger partial charge in [0.05, 0.1) is 5.52 Å². The Bertz CT molecular complexity index is 579. The van der Waals surface area contributed by atoms with E-state index in [1.54, 1.807) is 12.1 Å². The Hall–Kier alpha value is -1.46. The standard InChI is InChI=1S/C10H9NO2S.CH5N/c1-14(12,13)10-7-6-8-4-2-3-5-9(8)11-10;1-2/h2-7H,1H3;2H2,1H3. The molecular weight excluding hydrogens is 224 g/mol. The summed E-state index contributed by atoms with van der Waals surface area (Å²) >= 11 is 0. The molecule has 0 saturated heterocycles. The fourth-order valence-electron chi connectivity index (χ4n) is 1.25. The maximum Gasteiger partial charge on any atom is 0.192 e. The van der Waals surface area contributed by atoms with Gasteiger partial charge in [-0.15, -0.1) is 0 Å². The Morgan fingerprint density at radius 3 is 2.31 bits per heavy atom. The van der Waals surface area contributed by atoms with Gasteiger partial charge in [-0.25, -0.2) is 13.4 Å². The lowest BCUT2D eigenvalue weighted by Crippen LogP contribution is -1.99. The fourth-order valence-corrected chi connectivity index (χ4v) is 1.83. The van der Waals surface area contributed by atoms with E-state index in [0.717, 1.165) is 11.6 Å². The van der Waals surface area contributed by atoms with Crippen LogP contribution in [0.2, 0.25) is 0 Å². The Morgan fingerprint density at radius 1 is 1.06 bits per heavy atom. The lowest BCUT2D eigenvalue weighted by atomic mass is 10.2. The monoisotopic (exact) mass is 238 g/mol. The van der Waals surface area contributed by atoms with Crippen molar-refractivity contribution in [1.82, 2.24) is 4.98 Å². The van der Waals surface area contributed by atoms with Crippen molar-refractivity contribution in [2.45, 2.75) is 5.03 Å². The van der Waals surface area contributed by atoms with E-state index >= 15 is 0 Å². The molecule has 4 nitrogen and oxygen atoms in total. The highest BCUT2D eigenvalue weighted by molar-refractivity contribution is 7.90. The van der Waals surface area contributed by atoms with E-state index in [-0.39, 0.29) is 5.03 Å². The SMILES string of the molecule is CN.CS(=O)(=O)c1ccc2ccccc2n1. The van der Waals surface area contributed by atoms with E-state index in [0.29, 0.717) is 5.52 Å². The zero-order valence-electron chi connectivity index (χ0n) is 9.21. The Kier molecular flexibility index (Phi) is 3.98. The van der Waals surface area contributed by atoms with E-state index in [2.05, 4.69) is 10.7 Å². The van der Waals surface area contributed by atoms with Gasteiger partial charge in [0.1, 0.15) is 0 Å². The maximum atomic E-state index is 11.2. The molecule has 0 spiro atoms. The van der Waals surface area contributed by atoms with Crippen LogP contribution in [0, 0.1) is 0 Å². The van der Waals surface area contributed by atoms with Crippen LogP contribution in [0.4, 0.5) is 0 Å². The van der Waals surface area contributed by atoms with Gasteiger partial charge in [0.2, 0.25) is 0 Å². The second kappa shape index (κ2) is 5.05. The van der Waals surface area contributed by atoms with Gasteiger partial charge in [-0.2, -0.15) is 0 Å². The van der Waals surface area contributed by atoms with Crippen molar-refractivity contribution in [3.05, 3.63) is 36.4 Å². The minimum absolute atomic E-state index is 0.121. The topological polar surface area (TPSA) is 73.1 Å². The maximum absolute atomic E-state index is 11.2. The van der Waals surface area contributed by atoms with Gasteiger partial charge in [-0.05, 0) is 25.2 Å². The van der Waals surface area contributed by atoms with Crippen molar-refractivity contribution in [1.29, 1.82) is 0 Å². The highest BCUT2D eigenvalue weighted by atomic mass is 32.2. The Morgan fingerprint density at radius 2 is 1.69 bits per heavy atom. The van der Waals surface area contributed by atoms with E-state index in [9.17, 15) is 8.42 Å². The minimum atomic E-state index is -3.21. The van der Waals surface area contributed by atoms with Gasteiger partial charge in [0, 0.05) is 11.6 Å². The molecular formula is C11H14N2O2S. The van der Waals surface area contributed by atoms with Crippen molar-refractivity contribution in [3.63, 3.8) is 0 Å². The summed E-state index contributed by atoms with van der Waals surface area (Å²) in [7, 11) is -1.71. The molecule has 0 aliphatic rings. The third-order valence-corrected chi connectivity index (χ3v) is 2.94. The largest absolute Gasteiger partial charge is 0.333 e. The van der Waals surface area contributed by atoms with E-state index in [4.69, 9.17) is 0 Å². The van der Waals surface area contributed by atoms with Gasteiger partial charge in [-0.1, -0.05) is 18.2 Å². The van der Waals surface area contributed by atoms with Crippen LogP contribution >= 0.6 is 0 Å². The number of fused-ring (bicyclic) bond motifs is 1. The van der Waals surface area contributed by atoms with Crippen LogP contribution in [0.5, 0.6) is 0 Å². The van der Waals surface area contributed by atoms with Crippen molar-refractivity contribution in [2.24, 2.45) is 5.73 Å². The van der Waals surface area contributed by atoms with Crippen LogP contribution in [-0.2, 0) is 9.84 Å². The summed E-state index contributed by atoms with van der Waals surface area (Å²) < 4.78 is 22.4. The first-order chi connectivity index (χ1) is 7.57. The lowest BCUT2D eigenvalue weighted by molar-refractivity contribution is 0.599. The summed E-state index contributed by atoms with van der Waals surface area (Å²) in [5.74, 6) is 0. The molecule has 0 atom stereocenters. The molecule has 5 heteroatoms. The highest BCUT2D eigenvalue weighted by Crippen LogP contribution is 2.14. The molecule has 2 aromatic rings. The van der Waals surface area contributed by atoms with Crippen LogP contribution in [0.25, 0.3) is 10.9 Å². The summed E-state index contributed by atoms with van der Waals surface area (Å²) in [5.41, 5.74) is 5.20. The number of nitrogens with zero attached hydrogens (tertiary/aromatic N) is 1. The number of hydrogen-bond donors (Lipinski definition) is 1. The third kappa shape index (κ3) is 2.77. The predicted molar refractivity (Wildman–Crippen MR) is 65.0 cm³/mol. The van der Waals surface area contributed by atoms with Gasteiger partial charge >= 0.3 is 0 Å². The summed E-state index contributed by atoms with van der Waals surface area (Å²) in [6.07, 6.45) is 1.16. The van der Waals surface area contributed by atoms with Gasteiger partial charge < -0.3 is 5.73 Å². The minimum Gasteiger partial charge on any atom is -0.333 e. The first kappa shape index (κ1) is 12.6. The predicted octanol–water partition coefficient (Wildman–Crippen LogP) is 1.21. The lowest BCUT2D eigenvalue weighted by Gasteiger charge is -1.99. The van der Waals surface area contributed by atoms with Crippen LogP contribution in [0.15, 0.2) is 41.4 Å². The molecule has 0 aliphatic heterocycles. The van der Waals surface area contributed by atoms with Crippen LogP contribution in [-0.4, -0.2) is 26.7 Å². The molecule has 1 aromatic carbocycles. The second-order valence-corrected chi connectivity index (χ2v) is 5.08.